The summed E-state index contributed by atoms with van der Waals surface area (Å²) < 4.78 is 0. The highest BCUT2D eigenvalue weighted by Crippen LogP contribution is 2.12. The second-order valence-electron chi connectivity index (χ2n) is 2.22. The van der Waals surface area contributed by atoms with Crippen LogP contribution in [0.3, 0.4) is 0 Å². The monoisotopic (exact) mass is 198 g/mol. The van der Waals surface area contributed by atoms with E-state index in [4.69, 9.17) is 23.2 Å². The molecule has 0 aliphatic rings. The van der Waals surface area contributed by atoms with E-state index >= 15 is 0 Å². The molecule has 0 aliphatic heterocycles. The zero-order valence-electron chi connectivity index (χ0n) is 6.48. The highest BCUT2D eigenvalue weighted by Gasteiger charge is 1.91. The van der Waals surface area contributed by atoms with Crippen molar-refractivity contribution in [2.45, 2.75) is 6.42 Å². The molecular weight excluding hydrogens is 191 g/mol. The van der Waals surface area contributed by atoms with Crippen molar-refractivity contribution in [1.82, 2.24) is 0 Å². The largest absolute Gasteiger partial charge is 0.126 e. The van der Waals surface area contributed by atoms with Crippen LogP contribution < -0.4 is 0 Å². The molecule has 0 N–H and O–H groups in total. The molecule has 0 bridgehead atoms. The van der Waals surface area contributed by atoms with Crippen LogP contribution in [0.15, 0.2) is 24.3 Å². The minimum atomic E-state index is 0.567. The summed E-state index contributed by atoms with van der Waals surface area (Å²) in [6.45, 7) is 0. The van der Waals surface area contributed by atoms with Gasteiger partial charge in [0, 0.05) is 17.9 Å². The van der Waals surface area contributed by atoms with Crippen LogP contribution >= 0.6 is 23.2 Å². The molecule has 0 unspecified atom stereocenters. The lowest BCUT2D eigenvalue weighted by molar-refractivity contribution is 1.29. The second-order valence-corrected chi connectivity index (χ2v) is 3.01. The average molecular weight is 199 g/mol. The van der Waals surface area contributed by atoms with Gasteiger partial charge < -0.3 is 0 Å². The van der Waals surface area contributed by atoms with Crippen molar-refractivity contribution in [2.24, 2.45) is 0 Å². The molecule has 0 amide bonds. The van der Waals surface area contributed by atoms with Gasteiger partial charge in [-0.2, -0.15) is 0 Å². The van der Waals surface area contributed by atoms with Crippen molar-refractivity contribution in [3.05, 3.63) is 34.9 Å². The van der Waals surface area contributed by atoms with Gasteiger partial charge in [-0.25, -0.2) is 0 Å². The van der Waals surface area contributed by atoms with E-state index in [2.05, 4.69) is 11.8 Å². The smallest absolute Gasteiger partial charge is 0.0562 e. The Morgan fingerprint density at radius 2 is 2.00 bits per heavy atom. The number of benzene rings is 1. The summed E-state index contributed by atoms with van der Waals surface area (Å²) in [6, 6.07) is 7.52. The molecule has 0 radical (unpaired) electrons. The van der Waals surface area contributed by atoms with Crippen LogP contribution in [0.5, 0.6) is 0 Å². The van der Waals surface area contributed by atoms with Gasteiger partial charge in [-0.15, -0.1) is 11.6 Å². The van der Waals surface area contributed by atoms with Crippen molar-refractivity contribution in [3.8, 4) is 11.8 Å². The first-order chi connectivity index (χ1) is 5.84. The van der Waals surface area contributed by atoms with E-state index in [9.17, 15) is 0 Å². The Bertz CT molecular complexity index is 307. The minimum absolute atomic E-state index is 0.567. The fraction of sp³-hybridized carbons (Fsp3) is 0.200. The Kier molecular flexibility index (Phi) is 4.00. The summed E-state index contributed by atoms with van der Waals surface area (Å²) >= 11 is 11.3. The van der Waals surface area contributed by atoms with E-state index in [1.165, 1.54) is 0 Å². The highest BCUT2D eigenvalue weighted by molar-refractivity contribution is 6.31. The summed E-state index contributed by atoms with van der Waals surface area (Å²) in [4.78, 5) is 0. The molecule has 1 rings (SSSR count). The zero-order chi connectivity index (χ0) is 8.81. The quantitative estimate of drug-likeness (QED) is 0.480. The third kappa shape index (κ3) is 2.77. The Morgan fingerprint density at radius 3 is 2.67 bits per heavy atom. The van der Waals surface area contributed by atoms with Crippen molar-refractivity contribution in [2.75, 3.05) is 5.88 Å². The van der Waals surface area contributed by atoms with Gasteiger partial charge in [0.25, 0.3) is 0 Å². The fourth-order valence-corrected chi connectivity index (χ4v) is 1.05. The Morgan fingerprint density at radius 1 is 1.25 bits per heavy atom. The third-order valence-corrected chi connectivity index (χ3v) is 1.83. The first kappa shape index (κ1) is 9.45. The molecule has 0 atom stereocenters. The first-order valence-electron chi connectivity index (χ1n) is 3.64. The van der Waals surface area contributed by atoms with Gasteiger partial charge in [0.05, 0.1) is 5.02 Å². The van der Waals surface area contributed by atoms with Crippen molar-refractivity contribution in [3.63, 3.8) is 0 Å². The van der Waals surface area contributed by atoms with Crippen LogP contribution in [0.4, 0.5) is 0 Å². The topological polar surface area (TPSA) is 0 Å². The van der Waals surface area contributed by atoms with E-state index < -0.39 is 0 Å². The van der Waals surface area contributed by atoms with Crippen molar-refractivity contribution < 1.29 is 0 Å². The van der Waals surface area contributed by atoms with Crippen LogP contribution in [-0.4, -0.2) is 5.88 Å². The molecule has 0 heterocycles. The van der Waals surface area contributed by atoms with Gasteiger partial charge in [-0.3, -0.25) is 0 Å². The van der Waals surface area contributed by atoms with E-state index in [-0.39, 0.29) is 0 Å². The van der Waals surface area contributed by atoms with Crippen LogP contribution in [0.25, 0.3) is 0 Å². The van der Waals surface area contributed by atoms with Gasteiger partial charge in [0.2, 0.25) is 0 Å². The minimum Gasteiger partial charge on any atom is -0.126 e. The van der Waals surface area contributed by atoms with Gasteiger partial charge in [0.1, 0.15) is 0 Å². The normalized spacial score (nSPS) is 8.83. The summed E-state index contributed by atoms with van der Waals surface area (Å²) in [5.74, 6) is 6.44. The predicted octanol–water partition coefficient (Wildman–Crippen LogP) is 3.32. The molecule has 0 spiro atoms. The van der Waals surface area contributed by atoms with E-state index in [0.717, 1.165) is 5.56 Å². The SMILES string of the molecule is ClCCC#Cc1ccccc1Cl. The molecule has 1 aromatic rings. The molecule has 0 saturated carbocycles. The predicted molar refractivity (Wildman–Crippen MR) is 53.7 cm³/mol. The van der Waals surface area contributed by atoms with Crippen LogP contribution in [0.2, 0.25) is 5.02 Å². The number of hydrogen-bond acceptors (Lipinski definition) is 0. The van der Waals surface area contributed by atoms with Crippen molar-refractivity contribution >= 4 is 23.2 Å². The number of rotatable bonds is 1. The molecule has 0 saturated heterocycles. The molecule has 2 heteroatoms. The van der Waals surface area contributed by atoms with Gasteiger partial charge in [0.15, 0.2) is 0 Å². The van der Waals surface area contributed by atoms with Crippen LogP contribution in [-0.2, 0) is 0 Å². The Hall–Kier alpha value is -0.640. The molecule has 0 aromatic heterocycles. The van der Waals surface area contributed by atoms with E-state index in [1.54, 1.807) is 0 Å². The van der Waals surface area contributed by atoms with Gasteiger partial charge >= 0.3 is 0 Å². The Labute approximate surface area is 82.5 Å². The molecule has 0 aliphatic carbocycles. The fourth-order valence-electron chi connectivity index (χ4n) is 0.768. The van der Waals surface area contributed by atoms with Gasteiger partial charge in [-0.05, 0) is 12.1 Å². The maximum atomic E-state index is 5.87. The lowest BCUT2D eigenvalue weighted by atomic mass is 10.2. The molecule has 12 heavy (non-hydrogen) atoms. The van der Waals surface area contributed by atoms with Crippen LogP contribution in [0.1, 0.15) is 12.0 Å². The van der Waals surface area contributed by atoms with E-state index in [0.29, 0.717) is 17.3 Å². The highest BCUT2D eigenvalue weighted by atomic mass is 35.5. The molecule has 1 aromatic carbocycles. The van der Waals surface area contributed by atoms with E-state index in [1.807, 2.05) is 24.3 Å². The summed E-state index contributed by atoms with van der Waals surface area (Å²) in [6.07, 6.45) is 0.701. The molecule has 0 fully saturated rings. The van der Waals surface area contributed by atoms with Crippen LogP contribution in [0, 0.1) is 11.8 Å². The first-order valence-corrected chi connectivity index (χ1v) is 4.55. The third-order valence-electron chi connectivity index (χ3n) is 1.32. The lowest BCUT2D eigenvalue weighted by Crippen LogP contribution is -1.75. The number of hydrogen-bond donors (Lipinski definition) is 0. The number of alkyl halides is 1. The molecule has 0 nitrogen and oxygen atoms in total. The summed E-state index contributed by atoms with van der Waals surface area (Å²) in [5.41, 5.74) is 0.865. The standard InChI is InChI=1S/C10H8Cl2/c11-8-4-3-6-9-5-1-2-7-10(9)12/h1-2,5,7H,4,8H2. The van der Waals surface area contributed by atoms with Crippen molar-refractivity contribution in [1.29, 1.82) is 0 Å². The zero-order valence-corrected chi connectivity index (χ0v) is 7.99. The number of halogens is 2. The summed E-state index contributed by atoms with van der Waals surface area (Å²) in [5, 5.41) is 0.694. The van der Waals surface area contributed by atoms with Gasteiger partial charge in [-0.1, -0.05) is 35.6 Å². The maximum Gasteiger partial charge on any atom is 0.0562 e. The molecule has 62 valence electrons. The maximum absolute atomic E-state index is 5.87. The average Bonchev–Trinajstić information content (AvgIpc) is 2.09. The second kappa shape index (κ2) is 5.09. The Balaban J connectivity index is 2.77. The lowest BCUT2D eigenvalue weighted by Gasteiger charge is -1.91. The summed E-state index contributed by atoms with van der Waals surface area (Å²) in [7, 11) is 0. The molecular formula is C10H8Cl2.